The van der Waals surface area contributed by atoms with E-state index in [9.17, 15) is 0 Å². The molecule has 1 aromatic heterocycles. The molecular formula is C17H17NO2. The highest BCUT2D eigenvalue weighted by atomic mass is 16.5. The third-order valence-corrected chi connectivity index (χ3v) is 3.39. The van der Waals surface area contributed by atoms with Gasteiger partial charge in [-0.05, 0) is 30.7 Å². The van der Waals surface area contributed by atoms with Gasteiger partial charge in [0.15, 0.2) is 0 Å². The number of ether oxygens (including phenoxy) is 1. The lowest BCUT2D eigenvalue weighted by atomic mass is 10.1. The fraction of sp³-hybridized carbons (Fsp3) is 0.176. The zero-order chi connectivity index (χ0) is 13.9. The normalized spacial score (nSPS) is 10.7. The zero-order valence-corrected chi connectivity index (χ0v) is 11.6. The first kappa shape index (κ1) is 12.6. The summed E-state index contributed by atoms with van der Waals surface area (Å²) in [6.07, 6.45) is 1.80. The maximum Gasteiger partial charge on any atom is 0.142 e. The van der Waals surface area contributed by atoms with Gasteiger partial charge in [0, 0.05) is 17.5 Å². The van der Waals surface area contributed by atoms with E-state index in [0.29, 0.717) is 6.54 Å². The second-order valence-electron chi connectivity index (χ2n) is 4.81. The van der Waals surface area contributed by atoms with Gasteiger partial charge in [-0.3, -0.25) is 0 Å². The van der Waals surface area contributed by atoms with Crippen LogP contribution in [0.5, 0.6) is 5.75 Å². The van der Waals surface area contributed by atoms with E-state index in [-0.39, 0.29) is 0 Å². The first-order chi connectivity index (χ1) is 9.78. The highest BCUT2D eigenvalue weighted by molar-refractivity contribution is 5.81. The summed E-state index contributed by atoms with van der Waals surface area (Å²) in [5, 5.41) is 4.55. The molecule has 0 atom stereocenters. The van der Waals surface area contributed by atoms with Crippen molar-refractivity contribution in [3.8, 4) is 5.75 Å². The van der Waals surface area contributed by atoms with Crippen LogP contribution in [0.2, 0.25) is 0 Å². The largest absolute Gasteiger partial charge is 0.495 e. The average Bonchev–Trinajstić information content (AvgIpc) is 2.89. The van der Waals surface area contributed by atoms with Gasteiger partial charge in [-0.1, -0.05) is 24.3 Å². The van der Waals surface area contributed by atoms with Crippen LogP contribution in [0.1, 0.15) is 11.1 Å². The quantitative estimate of drug-likeness (QED) is 0.762. The van der Waals surface area contributed by atoms with Gasteiger partial charge in [0.25, 0.3) is 0 Å². The van der Waals surface area contributed by atoms with Gasteiger partial charge < -0.3 is 14.5 Å². The number of fused-ring (bicyclic) bond motifs is 1. The number of hydrogen-bond acceptors (Lipinski definition) is 3. The molecule has 3 nitrogen and oxygen atoms in total. The van der Waals surface area contributed by atoms with Crippen LogP contribution >= 0.6 is 0 Å². The molecule has 0 aliphatic heterocycles. The summed E-state index contributed by atoms with van der Waals surface area (Å²) in [6, 6.07) is 14.2. The maximum absolute atomic E-state index is 5.54. The number of nitrogens with one attached hydrogen (secondary N) is 1. The second kappa shape index (κ2) is 5.29. The van der Waals surface area contributed by atoms with Crippen LogP contribution in [0.3, 0.4) is 0 Å². The van der Waals surface area contributed by atoms with Crippen LogP contribution in [-0.4, -0.2) is 7.11 Å². The van der Waals surface area contributed by atoms with Crippen molar-refractivity contribution in [2.75, 3.05) is 12.4 Å². The number of furan rings is 1. The van der Waals surface area contributed by atoms with Gasteiger partial charge in [0.2, 0.25) is 0 Å². The molecule has 0 aliphatic carbocycles. The summed E-state index contributed by atoms with van der Waals surface area (Å²) in [4.78, 5) is 0. The molecule has 3 rings (SSSR count). The second-order valence-corrected chi connectivity index (χ2v) is 4.81. The van der Waals surface area contributed by atoms with Crippen molar-refractivity contribution in [1.29, 1.82) is 0 Å². The predicted molar refractivity (Wildman–Crippen MR) is 81.3 cm³/mol. The highest BCUT2D eigenvalue weighted by Gasteiger charge is 2.07. The maximum atomic E-state index is 5.54. The van der Waals surface area contributed by atoms with E-state index in [0.717, 1.165) is 28.0 Å². The van der Waals surface area contributed by atoms with Crippen molar-refractivity contribution in [3.63, 3.8) is 0 Å². The topological polar surface area (TPSA) is 34.4 Å². The summed E-state index contributed by atoms with van der Waals surface area (Å²) < 4.78 is 10.9. The Bertz CT molecular complexity index is 731. The number of hydrogen-bond donors (Lipinski definition) is 1. The van der Waals surface area contributed by atoms with E-state index >= 15 is 0 Å². The van der Waals surface area contributed by atoms with Crippen molar-refractivity contribution in [3.05, 3.63) is 59.9 Å². The Morgan fingerprint density at radius 3 is 2.85 bits per heavy atom. The van der Waals surface area contributed by atoms with E-state index in [4.69, 9.17) is 9.15 Å². The van der Waals surface area contributed by atoms with Crippen molar-refractivity contribution in [1.82, 2.24) is 0 Å². The summed E-state index contributed by atoms with van der Waals surface area (Å²) in [6.45, 7) is 2.76. The van der Waals surface area contributed by atoms with Gasteiger partial charge in [-0.15, -0.1) is 0 Å². The van der Waals surface area contributed by atoms with Crippen molar-refractivity contribution >= 4 is 16.7 Å². The molecular weight excluding hydrogens is 250 g/mol. The van der Waals surface area contributed by atoms with E-state index in [1.807, 2.05) is 30.3 Å². The number of rotatable bonds is 4. The summed E-state index contributed by atoms with van der Waals surface area (Å²) in [5.74, 6) is 0.859. The molecule has 3 aromatic rings. The fourth-order valence-corrected chi connectivity index (χ4v) is 2.30. The van der Waals surface area contributed by atoms with Crippen LogP contribution in [-0.2, 0) is 6.54 Å². The van der Waals surface area contributed by atoms with E-state index < -0.39 is 0 Å². The number of benzene rings is 2. The molecule has 0 saturated heterocycles. The Morgan fingerprint density at radius 1 is 1.15 bits per heavy atom. The Balaban J connectivity index is 1.83. The van der Waals surface area contributed by atoms with Crippen molar-refractivity contribution in [2.24, 2.45) is 0 Å². The fourth-order valence-electron chi connectivity index (χ4n) is 2.30. The first-order valence-electron chi connectivity index (χ1n) is 6.61. The minimum absolute atomic E-state index is 0.705. The Morgan fingerprint density at radius 2 is 2.00 bits per heavy atom. The molecule has 102 valence electrons. The summed E-state index contributed by atoms with van der Waals surface area (Å²) in [5.41, 5.74) is 4.23. The minimum atomic E-state index is 0.705. The van der Waals surface area contributed by atoms with Gasteiger partial charge in [0.1, 0.15) is 11.3 Å². The van der Waals surface area contributed by atoms with Crippen LogP contribution in [0.4, 0.5) is 5.69 Å². The van der Waals surface area contributed by atoms with Crippen LogP contribution in [0.15, 0.2) is 53.1 Å². The molecule has 0 radical (unpaired) electrons. The Hall–Kier alpha value is -2.42. The third kappa shape index (κ3) is 2.35. The third-order valence-electron chi connectivity index (χ3n) is 3.39. The molecule has 2 aromatic carbocycles. The molecule has 0 spiro atoms. The highest BCUT2D eigenvalue weighted by Crippen LogP contribution is 2.27. The Labute approximate surface area is 118 Å². The number of aryl methyl sites for hydroxylation is 1. The molecule has 3 heteroatoms. The van der Waals surface area contributed by atoms with Gasteiger partial charge in [0.05, 0.1) is 19.1 Å². The zero-order valence-electron chi connectivity index (χ0n) is 11.6. The lowest BCUT2D eigenvalue weighted by Gasteiger charge is -2.11. The number of anilines is 1. The monoisotopic (exact) mass is 267 g/mol. The molecule has 0 unspecified atom stereocenters. The van der Waals surface area contributed by atoms with Crippen molar-refractivity contribution in [2.45, 2.75) is 13.5 Å². The average molecular weight is 267 g/mol. The van der Waals surface area contributed by atoms with Crippen LogP contribution in [0, 0.1) is 6.92 Å². The van der Waals surface area contributed by atoms with Gasteiger partial charge >= 0.3 is 0 Å². The number of para-hydroxylation sites is 1. The predicted octanol–water partition coefficient (Wildman–Crippen LogP) is 4.36. The molecule has 0 fully saturated rings. The first-order valence-corrected chi connectivity index (χ1v) is 6.61. The lowest BCUT2D eigenvalue weighted by molar-refractivity contribution is 0.416. The summed E-state index contributed by atoms with van der Waals surface area (Å²) >= 11 is 0. The molecule has 0 saturated carbocycles. The smallest absolute Gasteiger partial charge is 0.142 e. The Kier molecular flexibility index (Phi) is 3.33. The molecule has 0 aliphatic rings. The van der Waals surface area contributed by atoms with Gasteiger partial charge in [-0.2, -0.15) is 0 Å². The van der Waals surface area contributed by atoms with Crippen molar-refractivity contribution < 1.29 is 9.15 Å². The SMILES string of the molecule is COc1cc(C)ccc1NCc1coc2ccccc12. The van der Waals surface area contributed by atoms with E-state index in [1.54, 1.807) is 13.4 Å². The van der Waals surface area contributed by atoms with E-state index in [2.05, 4.69) is 24.4 Å². The standard InChI is InChI=1S/C17H17NO2/c1-12-7-8-15(17(9-12)19-2)18-10-13-11-20-16-6-4-3-5-14(13)16/h3-9,11,18H,10H2,1-2H3. The van der Waals surface area contributed by atoms with Crippen LogP contribution in [0.25, 0.3) is 11.0 Å². The van der Waals surface area contributed by atoms with Gasteiger partial charge in [-0.25, -0.2) is 0 Å². The van der Waals surface area contributed by atoms with Crippen LogP contribution < -0.4 is 10.1 Å². The lowest BCUT2D eigenvalue weighted by Crippen LogP contribution is -2.01. The molecule has 0 amide bonds. The molecule has 1 N–H and O–H groups in total. The summed E-state index contributed by atoms with van der Waals surface area (Å²) in [7, 11) is 1.69. The molecule has 0 bridgehead atoms. The molecule has 20 heavy (non-hydrogen) atoms. The minimum Gasteiger partial charge on any atom is -0.495 e. The van der Waals surface area contributed by atoms with E-state index in [1.165, 1.54) is 5.56 Å². The number of methoxy groups -OCH3 is 1. The molecule has 1 heterocycles.